The lowest BCUT2D eigenvalue weighted by Gasteiger charge is -2.37. The number of aliphatic hydroxyl groups is 1. The van der Waals surface area contributed by atoms with E-state index in [0.717, 1.165) is 22.6 Å². The van der Waals surface area contributed by atoms with E-state index in [1.165, 1.54) is 37.6 Å². The Kier molecular flexibility index (Phi) is 13.7. The number of nitrogens with zero attached hydrogens (tertiary/aromatic N) is 3. The highest BCUT2D eigenvalue weighted by Crippen LogP contribution is 2.27. The number of hydrogen-bond donors (Lipinski definition) is 5. The Morgan fingerprint density at radius 2 is 1.60 bits per heavy atom. The molecule has 0 radical (unpaired) electrons. The molecule has 0 aliphatic carbocycles. The minimum absolute atomic E-state index is 0.00337. The van der Waals surface area contributed by atoms with Crippen molar-refractivity contribution in [3.05, 3.63) is 65.2 Å². The number of aryl methyl sites for hydroxylation is 1. The van der Waals surface area contributed by atoms with Crippen molar-refractivity contribution < 1.29 is 52.2 Å². The molecule has 0 aromatic heterocycles. The van der Waals surface area contributed by atoms with Crippen molar-refractivity contribution in [3.63, 3.8) is 0 Å². The first-order valence-corrected chi connectivity index (χ1v) is 19.3. The lowest BCUT2D eigenvalue weighted by molar-refractivity contribution is -0.163. The first-order chi connectivity index (χ1) is 27.3. The molecule has 3 saturated heterocycles. The number of aliphatic hydroxyl groups excluding tert-OH is 1. The molecule has 0 bridgehead atoms. The van der Waals surface area contributed by atoms with E-state index < -0.39 is 108 Å². The number of esters is 1. The number of nitrogens with one attached hydrogen (secondary N) is 4. The van der Waals surface area contributed by atoms with Gasteiger partial charge in [-0.2, -0.15) is 0 Å². The Balaban J connectivity index is 1.51. The number of likely N-dealkylation sites (N-methyl/N-ethyl adjacent to an activating group) is 1. The van der Waals surface area contributed by atoms with Gasteiger partial charge in [-0.3, -0.25) is 24.0 Å². The summed E-state index contributed by atoms with van der Waals surface area (Å²) < 4.78 is 34.4. The fraction of sp³-hybridized carbons (Fsp3) is 0.525. The molecule has 5 N–H and O–H groups in total. The number of hydrogen-bond acceptors (Lipinski definition) is 9. The zero-order valence-corrected chi connectivity index (χ0v) is 33.3. The van der Waals surface area contributed by atoms with Crippen molar-refractivity contribution in [2.24, 2.45) is 5.92 Å². The first kappa shape index (κ1) is 43.5. The normalized spacial score (nSPS) is 26.9. The summed E-state index contributed by atoms with van der Waals surface area (Å²) in [5.74, 6) is -6.91. The molecule has 2 aromatic rings. The van der Waals surface area contributed by atoms with Crippen LogP contribution in [0.15, 0.2) is 42.5 Å². The molecule has 0 saturated carbocycles. The number of rotatable bonds is 7. The summed E-state index contributed by atoms with van der Waals surface area (Å²) in [4.78, 5) is 101. The molecule has 9 atom stereocenters. The zero-order chi connectivity index (χ0) is 42.6. The summed E-state index contributed by atoms with van der Waals surface area (Å²) in [6.45, 7) is 7.92. The first-order valence-electron chi connectivity index (χ1n) is 19.3. The zero-order valence-electron chi connectivity index (χ0n) is 33.3. The third-order valence-corrected chi connectivity index (χ3v) is 10.7. The number of ether oxygens (including phenoxy) is 1. The van der Waals surface area contributed by atoms with Gasteiger partial charge in [0, 0.05) is 38.3 Å². The quantitative estimate of drug-likeness (QED) is 0.256. The van der Waals surface area contributed by atoms with Crippen molar-refractivity contribution in [2.75, 3.05) is 25.5 Å². The second kappa shape index (κ2) is 18.3. The van der Waals surface area contributed by atoms with Crippen molar-refractivity contribution in [2.45, 2.75) is 109 Å². The molecule has 314 valence electrons. The Labute approximate surface area is 335 Å². The highest BCUT2D eigenvalue weighted by atomic mass is 19.1. The number of amides is 7. The van der Waals surface area contributed by atoms with Gasteiger partial charge < -0.3 is 45.8 Å². The number of anilines is 1. The number of carbonyl (C=O) groups is 7. The average molecular weight is 812 g/mol. The van der Waals surface area contributed by atoms with Gasteiger partial charge in [0.25, 0.3) is 0 Å². The molecule has 3 heterocycles. The Morgan fingerprint density at radius 3 is 2.24 bits per heavy atom. The van der Waals surface area contributed by atoms with Crippen molar-refractivity contribution >= 4 is 47.2 Å². The maximum atomic E-state index is 14.6. The summed E-state index contributed by atoms with van der Waals surface area (Å²) in [7, 11) is 1.30. The second-order valence-electron chi connectivity index (χ2n) is 15.5. The summed E-state index contributed by atoms with van der Waals surface area (Å²) in [6, 6.07) is 0.333. The van der Waals surface area contributed by atoms with Crippen LogP contribution in [0, 0.1) is 24.5 Å². The monoisotopic (exact) mass is 811 g/mol. The van der Waals surface area contributed by atoms with Crippen LogP contribution < -0.4 is 21.3 Å². The van der Waals surface area contributed by atoms with Crippen molar-refractivity contribution in [1.82, 2.24) is 30.7 Å². The van der Waals surface area contributed by atoms with E-state index in [0.29, 0.717) is 18.2 Å². The Hall–Kier alpha value is -5.65. The molecule has 3 aliphatic rings. The second-order valence-corrected chi connectivity index (χ2v) is 15.5. The van der Waals surface area contributed by atoms with E-state index in [4.69, 9.17) is 4.74 Å². The molecule has 7 amide bonds. The summed E-state index contributed by atoms with van der Waals surface area (Å²) in [5, 5.41) is 20.9. The Bertz CT molecular complexity index is 1890. The van der Waals surface area contributed by atoms with Crippen LogP contribution in [-0.4, -0.2) is 130 Å². The standard InChI is InChI=1S/C40H51F2N7O9/c1-20-9-11-28(12-10-20)44-40(57)45-29(17-25-15-26(41)18-27(42)16-25)34(51)46-32-24(5)58-39(56)31-14-21(2)19-49(31)36(53)22(3)43-35(52)33(23(4)50)47(6)37(54)30-8-7-13-48(30)38(32)55/h9-12,15-16,18,21-24,29-33,50H,7-8,13-14,17,19H2,1-6H3,(H,43,52)(H,46,51)(H2,44,45,57)/t21-,22-,23-,24-,29-,30-,31-,32-,33-/m0/s1. The summed E-state index contributed by atoms with van der Waals surface area (Å²) in [6.07, 6.45) is -2.58. The lowest BCUT2D eigenvalue weighted by Crippen LogP contribution is -2.63. The summed E-state index contributed by atoms with van der Waals surface area (Å²) in [5.41, 5.74) is 1.29. The van der Waals surface area contributed by atoms with Gasteiger partial charge in [0.05, 0.1) is 6.10 Å². The predicted molar refractivity (Wildman–Crippen MR) is 205 cm³/mol. The van der Waals surface area contributed by atoms with Crippen LogP contribution in [0.3, 0.4) is 0 Å². The van der Waals surface area contributed by atoms with Gasteiger partial charge in [-0.25, -0.2) is 18.4 Å². The van der Waals surface area contributed by atoms with E-state index in [-0.39, 0.29) is 37.4 Å². The van der Waals surface area contributed by atoms with Gasteiger partial charge >= 0.3 is 12.0 Å². The summed E-state index contributed by atoms with van der Waals surface area (Å²) >= 11 is 0. The van der Waals surface area contributed by atoms with E-state index in [2.05, 4.69) is 21.3 Å². The minimum Gasteiger partial charge on any atom is -0.458 e. The van der Waals surface area contributed by atoms with Gasteiger partial charge in [-0.1, -0.05) is 24.6 Å². The third kappa shape index (κ3) is 10.1. The fourth-order valence-corrected chi connectivity index (χ4v) is 7.78. The third-order valence-electron chi connectivity index (χ3n) is 10.7. The highest BCUT2D eigenvalue weighted by Gasteiger charge is 2.47. The largest absolute Gasteiger partial charge is 0.458 e. The predicted octanol–water partition coefficient (Wildman–Crippen LogP) is 1.38. The SMILES string of the molecule is Cc1ccc(NC(=O)N[C@@H](Cc2cc(F)cc(F)c2)C(=O)N[C@@H]2C(=O)N3CCC[C@H]3C(=O)N(C)[C@@H]([C@H](C)O)C(=O)N[C@@H](C)C(=O)N3C[C@@H](C)C[C@H]3C(=O)O[C@H]2C)cc1. The number of benzene rings is 2. The number of fused-ring (bicyclic) bond motifs is 2. The molecular weight excluding hydrogens is 760 g/mol. The maximum absolute atomic E-state index is 14.6. The van der Waals surface area contributed by atoms with Gasteiger partial charge in [0.1, 0.15) is 54.0 Å². The number of carbonyl (C=O) groups excluding carboxylic acids is 7. The van der Waals surface area contributed by atoms with Gasteiger partial charge in [0.2, 0.25) is 29.5 Å². The highest BCUT2D eigenvalue weighted by molar-refractivity contribution is 5.98. The lowest BCUT2D eigenvalue weighted by atomic mass is 10.0. The van der Waals surface area contributed by atoms with E-state index in [1.807, 2.05) is 13.8 Å². The smallest absolute Gasteiger partial charge is 0.329 e. The van der Waals surface area contributed by atoms with Gasteiger partial charge in [-0.15, -0.1) is 0 Å². The maximum Gasteiger partial charge on any atom is 0.329 e. The molecule has 0 unspecified atom stereocenters. The minimum atomic E-state index is -1.69. The van der Waals surface area contributed by atoms with E-state index >= 15 is 0 Å². The molecule has 3 fully saturated rings. The van der Waals surface area contributed by atoms with Crippen molar-refractivity contribution in [1.29, 1.82) is 0 Å². The Morgan fingerprint density at radius 1 is 0.948 bits per heavy atom. The van der Waals surface area contributed by atoms with Crippen LogP contribution in [-0.2, 0) is 39.9 Å². The molecular formula is C40H51F2N7O9. The molecule has 16 nitrogen and oxygen atoms in total. The van der Waals surface area contributed by atoms with Crippen LogP contribution in [0.1, 0.15) is 58.1 Å². The number of cyclic esters (lactones) is 1. The van der Waals surface area contributed by atoms with Crippen LogP contribution in [0.25, 0.3) is 0 Å². The average Bonchev–Trinajstić information content (AvgIpc) is 3.80. The van der Waals surface area contributed by atoms with Crippen LogP contribution in [0.4, 0.5) is 19.3 Å². The molecule has 0 spiro atoms. The number of urea groups is 1. The van der Waals surface area contributed by atoms with Crippen LogP contribution in [0.5, 0.6) is 0 Å². The van der Waals surface area contributed by atoms with E-state index in [9.17, 15) is 47.4 Å². The van der Waals surface area contributed by atoms with Crippen LogP contribution >= 0.6 is 0 Å². The van der Waals surface area contributed by atoms with E-state index in [1.54, 1.807) is 24.3 Å². The molecule has 18 heteroatoms. The molecule has 58 heavy (non-hydrogen) atoms. The topological polar surface area (TPSA) is 207 Å². The number of halogens is 2. The van der Waals surface area contributed by atoms with Crippen molar-refractivity contribution in [3.8, 4) is 0 Å². The van der Waals surface area contributed by atoms with Gasteiger partial charge in [0.15, 0.2) is 0 Å². The fourth-order valence-electron chi connectivity index (χ4n) is 7.78. The van der Waals surface area contributed by atoms with Gasteiger partial charge in [-0.05, 0) is 82.7 Å². The van der Waals surface area contributed by atoms with Crippen LogP contribution in [0.2, 0.25) is 0 Å². The molecule has 2 aromatic carbocycles. The molecule has 5 rings (SSSR count). The molecule has 3 aliphatic heterocycles.